The molecule has 0 radical (unpaired) electrons. The highest BCUT2D eigenvalue weighted by atomic mass is 35.5. The molecule has 23 heavy (non-hydrogen) atoms. The molecule has 0 aliphatic rings. The standard InChI is InChI=1S/C18H22ClN3S/c1-12-9-13(2)17(16(19)10-12)21-18(23)20-11-14-5-7-15(8-6-14)22(3)4/h5-10H,11H2,1-4H3,(H2,20,21,23). The van der Waals surface area contributed by atoms with Crippen LogP contribution < -0.4 is 15.5 Å². The van der Waals surface area contributed by atoms with Gasteiger partial charge in [-0.15, -0.1) is 0 Å². The molecule has 0 fully saturated rings. The van der Waals surface area contributed by atoms with E-state index in [0.29, 0.717) is 16.7 Å². The number of halogens is 1. The van der Waals surface area contributed by atoms with Gasteiger partial charge in [0.2, 0.25) is 0 Å². The Morgan fingerprint density at radius 1 is 1.13 bits per heavy atom. The van der Waals surface area contributed by atoms with Crippen molar-refractivity contribution in [3.05, 3.63) is 58.1 Å². The Hall–Kier alpha value is -1.78. The van der Waals surface area contributed by atoms with Crippen LogP contribution in [0, 0.1) is 13.8 Å². The first kappa shape index (κ1) is 17.6. The third-order valence-electron chi connectivity index (χ3n) is 3.58. The number of nitrogens with one attached hydrogen (secondary N) is 2. The predicted molar refractivity (Wildman–Crippen MR) is 105 cm³/mol. The van der Waals surface area contributed by atoms with Gasteiger partial charge in [0.05, 0.1) is 10.7 Å². The number of hydrogen-bond acceptors (Lipinski definition) is 2. The molecule has 0 saturated heterocycles. The van der Waals surface area contributed by atoms with Crippen LogP contribution in [0.25, 0.3) is 0 Å². The smallest absolute Gasteiger partial charge is 0.171 e. The Morgan fingerprint density at radius 2 is 1.78 bits per heavy atom. The molecule has 0 saturated carbocycles. The summed E-state index contributed by atoms with van der Waals surface area (Å²) in [7, 11) is 4.06. The van der Waals surface area contributed by atoms with Gasteiger partial charge in [0, 0.05) is 26.3 Å². The average Bonchev–Trinajstić information content (AvgIpc) is 2.49. The Labute approximate surface area is 148 Å². The lowest BCUT2D eigenvalue weighted by molar-refractivity contribution is 0.924. The summed E-state index contributed by atoms with van der Waals surface area (Å²) in [6.45, 7) is 4.71. The van der Waals surface area contributed by atoms with Crippen LogP contribution in [0.15, 0.2) is 36.4 Å². The molecule has 0 bridgehead atoms. The van der Waals surface area contributed by atoms with Crippen LogP contribution >= 0.6 is 23.8 Å². The van der Waals surface area contributed by atoms with Crippen LogP contribution in [-0.4, -0.2) is 19.2 Å². The molecule has 0 atom stereocenters. The lowest BCUT2D eigenvalue weighted by Crippen LogP contribution is -2.28. The molecule has 0 unspecified atom stereocenters. The summed E-state index contributed by atoms with van der Waals surface area (Å²) in [5, 5.41) is 7.65. The lowest BCUT2D eigenvalue weighted by atomic mass is 10.1. The fourth-order valence-electron chi connectivity index (χ4n) is 2.33. The van der Waals surface area contributed by atoms with E-state index in [2.05, 4.69) is 45.9 Å². The van der Waals surface area contributed by atoms with Gasteiger partial charge in [-0.05, 0) is 61.0 Å². The van der Waals surface area contributed by atoms with Gasteiger partial charge in [-0.2, -0.15) is 0 Å². The molecule has 0 spiro atoms. The molecule has 5 heteroatoms. The van der Waals surface area contributed by atoms with Gasteiger partial charge in [0.25, 0.3) is 0 Å². The largest absolute Gasteiger partial charge is 0.378 e. The number of aryl methyl sites for hydroxylation is 2. The molecule has 0 heterocycles. The summed E-state index contributed by atoms with van der Waals surface area (Å²) in [6, 6.07) is 12.4. The first-order chi connectivity index (χ1) is 10.9. The molecule has 2 rings (SSSR count). The quantitative estimate of drug-likeness (QED) is 0.796. The number of rotatable bonds is 4. The maximum Gasteiger partial charge on any atom is 0.171 e. The van der Waals surface area contributed by atoms with Crippen LogP contribution in [0.5, 0.6) is 0 Å². The van der Waals surface area contributed by atoms with Crippen LogP contribution in [-0.2, 0) is 6.54 Å². The van der Waals surface area contributed by atoms with Crippen LogP contribution in [0.1, 0.15) is 16.7 Å². The second kappa shape index (κ2) is 7.66. The van der Waals surface area contributed by atoms with E-state index in [-0.39, 0.29) is 0 Å². The first-order valence-corrected chi connectivity index (χ1v) is 8.23. The Balaban J connectivity index is 1.95. The third kappa shape index (κ3) is 4.85. The molecule has 0 aliphatic carbocycles. The summed E-state index contributed by atoms with van der Waals surface area (Å²) >= 11 is 11.7. The zero-order chi connectivity index (χ0) is 17.0. The first-order valence-electron chi connectivity index (χ1n) is 7.44. The van der Waals surface area contributed by atoms with E-state index in [4.69, 9.17) is 23.8 Å². The number of nitrogens with zero attached hydrogens (tertiary/aromatic N) is 1. The summed E-state index contributed by atoms with van der Waals surface area (Å²) in [6.07, 6.45) is 0. The zero-order valence-electron chi connectivity index (χ0n) is 13.9. The van der Waals surface area contributed by atoms with Crippen LogP contribution in [0.3, 0.4) is 0 Å². The van der Waals surface area contributed by atoms with E-state index in [0.717, 1.165) is 16.8 Å². The van der Waals surface area contributed by atoms with Crippen LogP contribution in [0.2, 0.25) is 5.02 Å². The molecular weight excluding hydrogens is 326 g/mol. The molecule has 0 aliphatic heterocycles. The molecule has 2 aromatic carbocycles. The van der Waals surface area contributed by atoms with Gasteiger partial charge >= 0.3 is 0 Å². The summed E-state index contributed by atoms with van der Waals surface area (Å²) in [5.74, 6) is 0. The second-order valence-corrected chi connectivity index (χ2v) is 6.62. The SMILES string of the molecule is Cc1cc(C)c(NC(=S)NCc2ccc(N(C)C)cc2)c(Cl)c1. The van der Waals surface area contributed by atoms with Crippen molar-refractivity contribution in [3.63, 3.8) is 0 Å². The maximum absolute atomic E-state index is 6.29. The normalized spacial score (nSPS) is 10.3. The van der Waals surface area contributed by atoms with Crippen molar-refractivity contribution in [2.45, 2.75) is 20.4 Å². The molecule has 2 aromatic rings. The van der Waals surface area contributed by atoms with Crippen LogP contribution in [0.4, 0.5) is 11.4 Å². The summed E-state index contributed by atoms with van der Waals surface area (Å²) < 4.78 is 0. The van der Waals surface area contributed by atoms with Gasteiger partial charge in [0.15, 0.2) is 5.11 Å². The van der Waals surface area contributed by atoms with Crippen molar-refractivity contribution < 1.29 is 0 Å². The van der Waals surface area contributed by atoms with Gasteiger partial charge in [-0.1, -0.05) is 29.8 Å². The highest BCUT2D eigenvalue weighted by Gasteiger charge is 2.07. The fourth-order valence-corrected chi connectivity index (χ4v) is 2.87. The summed E-state index contributed by atoms with van der Waals surface area (Å²) in [4.78, 5) is 2.07. The molecular formula is C18H22ClN3S. The Kier molecular flexibility index (Phi) is 5.85. The van der Waals surface area contributed by atoms with E-state index in [1.54, 1.807) is 0 Å². The van der Waals surface area contributed by atoms with E-state index in [1.165, 1.54) is 11.3 Å². The molecule has 3 nitrogen and oxygen atoms in total. The van der Waals surface area contributed by atoms with E-state index < -0.39 is 0 Å². The van der Waals surface area contributed by atoms with Crippen molar-refractivity contribution >= 4 is 40.3 Å². The van der Waals surface area contributed by atoms with Gasteiger partial charge < -0.3 is 15.5 Å². The van der Waals surface area contributed by atoms with Gasteiger partial charge in [-0.25, -0.2) is 0 Å². The van der Waals surface area contributed by atoms with Crippen molar-refractivity contribution in [2.24, 2.45) is 0 Å². The molecule has 2 N–H and O–H groups in total. The van der Waals surface area contributed by atoms with Crippen molar-refractivity contribution in [3.8, 4) is 0 Å². The Bertz CT molecular complexity index is 673. The van der Waals surface area contributed by atoms with Crippen molar-refractivity contribution in [1.82, 2.24) is 5.32 Å². The van der Waals surface area contributed by atoms with Gasteiger partial charge in [0.1, 0.15) is 0 Å². The number of anilines is 2. The number of benzene rings is 2. The molecule has 0 aromatic heterocycles. The minimum atomic E-state index is 0.565. The number of hydrogen-bond donors (Lipinski definition) is 2. The predicted octanol–water partition coefficient (Wildman–Crippen LogP) is 4.51. The molecule has 0 amide bonds. The zero-order valence-corrected chi connectivity index (χ0v) is 15.5. The van der Waals surface area contributed by atoms with Crippen molar-refractivity contribution in [2.75, 3.05) is 24.3 Å². The minimum Gasteiger partial charge on any atom is -0.378 e. The highest BCUT2D eigenvalue weighted by Crippen LogP contribution is 2.27. The summed E-state index contributed by atoms with van der Waals surface area (Å²) in [5.41, 5.74) is 5.42. The number of thiocarbonyl (C=S) groups is 1. The minimum absolute atomic E-state index is 0.565. The topological polar surface area (TPSA) is 27.3 Å². The van der Waals surface area contributed by atoms with Gasteiger partial charge in [-0.3, -0.25) is 0 Å². The second-order valence-electron chi connectivity index (χ2n) is 5.81. The van der Waals surface area contributed by atoms with E-state index in [9.17, 15) is 0 Å². The van der Waals surface area contributed by atoms with E-state index >= 15 is 0 Å². The fraction of sp³-hybridized carbons (Fsp3) is 0.278. The Morgan fingerprint density at radius 3 is 2.35 bits per heavy atom. The average molecular weight is 348 g/mol. The van der Waals surface area contributed by atoms with E-state index in [1.807, 2.05) is 34.0 Å². The highest BCUT2D eigenvalue weighted by molar-refractivity contribution is 7.80. The third-order valence-corrected chi connectivity index (χ3v) is 4.12. The van der Waals surface area contributed by atoms with Crippen molar-refractivity contribution in [1.29, 1.82) is 0 Å². The lowest BCUT2D eigenvalue weighted by Gasteiger charge is -2.15. The maximum atomic E-state index is 6.29. The molecule has 122 valence electrons. The monoisotopic (exact) mass is 347 g/mol.